The highest BCUT2D eigenvalue weighted by molar-refractivity contribution is 6.23. The van der Waals surface area contributed by atoms with Gasteiger partial charge in [-0.15, -0.1) is 0 Å². The summed E-state index contributed by atoms with van der Waals surface area (Å²) < 4.78 is 17.7. The standard InChI is InChI=1S/C23H27NO4/c1-3-26-16-14-18-22(20(15-16)27-4-2)21-17(23(18)25)8-7-9-19(21)28-13-12-24-10-5-6-11-24/h7-9,14-15H,3-6,10-13H2,1-2H3. The van der Waals surface area contributed by atoms with Gasteiger partial charge in [0.05, 0.1) is 13.2 Å². The molecule has 0 amide bonds. The van der Waals surface area contributed by atoms with Crippen molar-refractivity contribution in [3.8, 4) is 28.4 Å². The Morgan fingerprint density at radius 3 is 2.39 bits per heavy atom. The van der Waals surface area contributed by atoms with Crippen LogP contribution in [0.25, 0.3) is 11.1 Å². The summed E-state index contributed by atoms with van der Waals surface area (Å²) in [6, 6.07) is 9.38. The summed E-state index contributed by atoms with van der Waals surface area (Å²) >= 11 is 0. The SMILES string of the molecule is CCOc1cc(OCC)c2c(c1)C(=O)c1cccc(OCCN3CCCC3)c1-2. The lowest BCUT2D eigenvalue weighted by Gasteiger charge is -2.17. The zero-order valence-corrected chi connectivity index (χ0v) is 16.6. The van der Waals surface area contributed by atoms with Crippen molar-refractivity contribution in [2.75, 3.05) is 39.5 Å². The molecule has 1 aliphatic carbocycles. The van der Waals surface area contributed by atoms with Crippen LogP contribution in [0.3, 0.4) is 0 Å². The lowest BCUT2D eigenvalue weighted by atomic mass is 10.0. The molecular weight excluding hydrogens is 354 g/mol. The molecule has 0 bridgehead atoms. The van der Waals surface area contributed by atoms with Crippen LogP contribution in [0.4, 0.5) is 0 Å². The minimum Gasteiger partial charge on any atom is -0.494 e. The Morgan fingerprint density at radius 2 is 1.64 bits per heavy atom. The van der Waals surface area contributed by atoms with E-state index in [2.05, 4.69) is 4.90 Å². The van der Waals surface area contributed by atoms with E-state index < -0.39 is 0 Å². The van der Waals surface area contributed by atoms with E-state index in [4.69, 9.17) is 14.2 Å². The largest absolute Gasteiger partial charge is 0.494 e. The summed E-state index contributed by atoms with van der Waals surface area (Å²) in [6.45, 7) is 8.73. The minimum atomic E-state index is -0.00232. The van der Waals surface area contributed by atoms with Crippen LogP contribution in [0.5, 0.6) is 17.2 Å². The fourth-order valence-corrected chi connectivity index (χ4v) is 4.08. The van der Waals surface area contributed by atoms with Crippen LogP contribution >= 0.6 is 0 Å². The quantitative estimate of drug-likeness (QED) is 0.586. The molecule has 0 unspecified atom stereocenters. The fraction of sp³-hybridized carbons (Fsp3) is 0.435. The van der Waals surface area contributed by atoms with Gasteiger partial charge in [0.15, 0.2) is 5.78 Å². The lowest BCUT2D eigenvalue weighted by molar-refractivity contribution is 0.104. The Morgan fingerprint density at radius 1 is 0.893 bits per heavy atom. The van der Waals surface area contributed by atoms with Crippen molar-refractivity contribution in [1.29, 1.82) is 0 Å². The Bertz CT molecular complexity index is 871. The van der Waals surface area contributed by atoms with Crippen LogP contribution < -0.4 is 14.2 Å². The van der Waals surface area contributed by atoms with E-state index in [9.17, 15) is 4.79 Å². The molecule has 0 N–H and O–H groups in total. The second kappa shape index (κ2) is 8.23. The number of ketones is 1. The van der Waals surface area contributed by atoms with Crippen molar-refractivity contribution in [2.24, 2.45) is 0 Å². The molecule has 0 aromatic heterocycles. The number of nitrogens with zero attached hydrogens (tertiary/aromatic N) is 1. The number of benzene rings is 2. The van der Waals surface area contributed by atoms with Crippen LogP contribution in [0.2, 0.25) is 0 Å². The highest BCUT2D eigenvalue weighted by Crippen LogP contribution is 2.49. The Hall–Kier alpha value is -2.53. The smallest absolute Gasteiger partial charge is 0.194 e. The summed E-state index contributed by atoms with van der Waals surface area (Å²) in [6.07, 6.45) is 2.53. The number of fused-ring (bicyclic) bond motifs is 3. The summed E-state index contributed by atoms with van der Waals surface area (Å²) in [5.74, 6) is 2.07. The molecule has 0 spiro atoms. The average molecular weight is 381 g/mol. The first kappa shape index (κ1) is 18.8. The van der Waals surface area contributed by atoms with Crippen molar-refractivity contribution >= 4 is 5.78 Å². The average Bonchev–Trinajstić information content (AvgIpc) is 3.30. The number of rotatable bonds is 8. The van der Waals surface area contributed by atoms with Crippen molar-refractivity contribution < 1.29 is 19.0 Å². The van der Waals surface area contributed by atoms with Crippen LogP contribution in [-0.2, 0) is 0 Å². The first-order valence-electron chi connectivity index (χ1n) is 10.2. The van der Waals surface area contributed by atoms with Gasteiger partial charge in [-0.05, 0) is 51.9 Å². The van der Waals surface area contributed by atoms with Crippen molar-refractivity contribution in [1.82, 2.24) is 4.90 Å². The summed E-state index contributed by atoms with van der Waals surface area (Å²) in [7, 11) is 0. The molecule has 0 radical (unpaired) electrons. The number of ether oxygens (including phenoxy) is 3. The third kappa shape index (κ3) is 3.47. The van der Waals surface area contributed by atoms with Gasteiger partial charge >= 0.3 is 0 Å². The molecule has 1 heterocycles. The molecule has 1 saturated heterocycles. The maximum Gasteiger partial charge on any atom is 0.194 e. The summed E-state index contributed by atoms with van der Waals surface area (Å²) in [5.41, 5.74) is 2.96. The Kier molecular flexibility index (Phi) is 5.53. The predicted molar refractivity (Wildman–Crippen MR) is 109 cm³/mol. The van der Waals surface area contributed by atoms with Crippen molar-refractivity contribution in [3.05, 3.63) is 41.5 Å². The zero-order chi connectivity index (χ0) is 19.5. The Balaban J connectivity index is 1.68. The van der Waals surface area contributed by atoms with Gasteiger partial charge in [0.1, 0.15) is 23.9 Å². The molecule has 1 fully saturated rings. The second-order valence-corrected chi connectivity index (χ2v) is 7.12. The lowest BCUT2D eigenvalue weighted by Crippen LogP contribution is -2.25. The summed E-state index contributed by atoms with van der Waals surface area (Å²) in [5, 5.41) is 0. The topological polar surface area (TPSA) is 48.0 Å². The van der Waals surface area contributed by atoms with Gasteiger partial charge in [-0.2, -0.15) is 0 Å². The van der Waals surface area contributed by atoms with Gasteiger partial charge in [-0.3, -0.25) is 9.69 Å². The molecule has 1 aliphatic heterocycles. The molecule has 28 heavy (non-hydrogen) atoms. The number of hydrogen-bond acceptors (Lipinski definition) is 5. The molecular formula is C23H27NO4. The van der Waals surface area contributed by atoms with E-state index in [1.165, 1.54) is 12.8 Å². The van der Waals surface area contributed by atoms with Crippen molar-refractivity contribution in [3.63, 3.8) is 0 Å². The van der Waals surface area contributed by atoms with Gasteiger partial charge < -0.3 is 14.2 Å². The van der Waals surface area contributed by atoms with Crippen LogP contribution in [0, 0.1) is 0 Å². The molecule has 2 aliphatic rings. The molecule has 4 rings (SSSR count). The highest BCUT2D eigenvalue weighted by atomic mass is 16.5. The fourth-order valence-electron chi connectivity index (χ4n) is 4.08. The Labute approximate surface area is 166 Å². The van der Waals surface area contributed by atoms with Crippen LogP contribution in [0.15, 0.2) is 30.3 Å². The molecule has 2 aromatic carbocycles. The van der Waals surface area contributed by atoms with E-state index in [0.29, 0.717) is 42.4 Å². The molecule has 148 valence electrons. The number of hydrogen-bond donors (Lipinski definition) is 0. The van der Waals surface area contributed by atoms with Gasteiger partial charge in [-0.25, -0.2) is 0 Å². The minimum absolute atomic E-state index is 0.00232. The summed E-state index contributed by atoms with van der Waals surface area (Å²) in [4.78, 5) is 15.5. The van der Waals surface area contributed by atoms with Crippen LogP contribution in [-0.4, -0.2) is 50.1 Å². The first-order chi connectivity index (χ1) is 13.7. The van der Waals surface area contributed by atoms with Gasteiger partial charge in [0.25, 0.3) is 0 Å². The van der Waals surface area contributed by atoms with E-state index in [-0.39, 0.29) is 5.78 Å². The highest BCUT2D eigenvalue weighted by Gasteiger charge is 2.33. The normalized spacial score (nSPS) is 15.4. The number of carbonyl (C=O) groups excluding carboxylic acids is 1. The predicted octanol–water partition coefficient (Wildman–Crippen LogP) is 4.17. The van der Waals surface area contributed by atoms with E-state index in [1.807, 2.05) is 44.2 Å². The number of likely N-dealkylation sites (tertiary alicyclic amines) is 1. The van der Waals surface area contributed by atoms with Crippen LogP contribution in [0.1, 0.15) is 42.6 Å². The molecule has 5 heteroatoms. The van der Waals surface area contributed by atoms with E-state index in [1.54, 1.807) is 0 Å². The van der Waals surface area contributed by atoms with E-state index in [0.717, 1.165) is 36.5 Å². The van der Waals surface area contributed by atoms with Gasteiger partial charge in [0, 0.05) is 34.9 Å². The molecule has 2 aromatic rings. The zero-order valence-electron chi connectivity index (χ0n) is 16.6. The van der Waals surface area contributed by atoms with Gasteiger partial charge in [0.2, 0.25) is 0 Å². The van der Waals surface area contributed by atoms with Crippen molar-refractivity contribution in [2.45, 2.75) is 26.7 Å². The first-order valence-corrected chi connectivity index (χ1v) is 10.2. The third-order valence-corrected chi connectivity index (χ3v) is 5.32. The molecule has 5 nitrogen and oxygen atoms in total. The third-order valence-electron chi connectivity index (χ3n) is 5.32. The van der Waals surface area contributed by atoms with E-state index >= 15 is 0 Å². The molecule has 0 saturated carbocycles. The maximum atomic E-state index is 13.1. The maximum absolute atomic E-state index is 13.1. The number of carbonyl (C=O) groups is 1. The monoisotopic (exact) mass is 381 g/mol. The molecule has 0 atom stereocenters. The van der Waals surface area contributed by atoms with Gasteiger partial charge in [-0.1, -0.05) is 12.1 Å². The second-order valence-electron chi connectivity index (χ2n) is 7.12.